The van der Waals surface area contributed by atoms with E-state index >= 15 is 0 Å². The van der Waals surface area contributed by atoms with Crippen molar-refractivity contribution >= 4 is 36.9 Å². The number of hydrogen-bond acceptors (Lipinski definition) is 2. The molecule has 0 amide bonds. The van der Waals surface area contributed by atoms with Gasteiger partial charge >= 0.3 is 102 Å². The Labute approximate surface area is 101 Å². The van der Waals surface area contributed by atoms with Crippen LogP contribution in [0.15, 0.2) is 23.8 Å². The molecule has 0 heterocycles. The molecule has 1 rings (SSSR count). The Balaban J connectivity index is 2.98. The summed E-state index contributed by atoms with van der Waals surface area (Å²) in [6.45, 7) is 4.56. The van der Waals surface area contributed by atoms with Gasteiger partial charge in [-0.1, -0.05) is 0 Å². The molecule has 0 atom stereocenters. The molecule has 0 aliphatic heterocycles. The molecule has 1 aliphatic carbocycles. The van der Waals surface area contributed by atoms with Crippen molar-refractivity contribution < 1.29 is 8.42 Å². The molecular weight excluding hydrogens is 405 g/mol. The Morgan fingerprint density at radius 1 is 1.27 bits per heavy atom. The van der Waals surface area contributed by atoms with Crippen molar-refractivity contribution in [2.24, 2.45) is 0 Å². The molecule has 4 heteroatoms. The van der Waals surface area contributed by atoms with Crippen LogP contribution in [0, 0.1) is 0 Å². The predicted molar refractivity (Wildman–Crippen MR) is 67.3 cm³/mol. The first-order valence-corrected chi connectivity index (χ1v) is 14.6. The van der Waals surface area contributed by atoms with Gasteiger partial charge in [0.1, 0.15) is 0 Å². The van der Waals surface area contributed by atoms with Crippen LogP contribution in [0.2, 0.25) is 12.4 Å². The average Bonchev–Trinajstić information content (AvgIpc) is 2.17. The average molecular weight is 422 g/mol. The van der Waals surface area contributed by atoms with E-state index < -0.39 is 32.0 Å². The molecule has 0 aromatic rings. The third kappa shape index (κ3) is 3.01. The minimum absolute atomic E-state index is 0.307. The maximum atomic E-state index is 10.7. The second-order valence-corrected chi connectivity index (χ2v) is 16.6. The zero-order valence-corrected chi connectivity index (χ0v) is 13.9. The first-order chi connectivity index (χ1) is 6.85. The molecular formula is C11H17BiO2S. The molecule has 2 nitrogen and oxygen atoms in total. The van der Waals surface area contributed by atoms with Crippen molar-refractivity contribution in [1.82, 2.24) is 0 Å². The van der Waals surface area contributed by atoms with Crippen LogP contribution in [0.4, 0.5) is 0 Å². The van der Waals surface area contributed by atoms with Crippen LogP contribution < -0.4 is 0 Å². The van der Waals surface area contributed by atoms with Gasteiger partial charge in [0.15, 0.2) is 0 Å². The molecule has 0 N–H and O–H groups in total. The monoisotopic (exact) mass is 422 g/mol. The molecule has 0 saturated carbocycles. The van der Waals surface area contributed by atoms with E-state index in [2.05, 4.69) is 29.2 Å². The Morgan fingerprint density at radius 2 is 1.87 bits per heavy atom. The molecule has 0 unspecified atom stereocenters. The summed E-state index contributed by atoms with van der Waals surface area (Å²) in [6, 6.07) is 0. The molecule has 0 aromatic carbocycles. The SMILES string of the molecule is [CH3][Bi]([CH3])[C](C)(C)C1=CCC(=S(=O)=O)C=C1. The van der Waals surface area contributed by atoms with Gasteiger partial charge in [-0.2, -0.15) is 0 Å². The minimum atomic E-state index is -2.05. The first-order valence-electron chi connectivity index (χ1n) is 4.87. The zero-order valence-electron chi connectivity index (χ0n) is 9.61. The summed E-state index contributed by atoms with van der Waals surface area (Å²) < 4.78 is 26.6. The van der Waals surface area contributed by atoms with Crippen LogP contribution in [0.5, 0.6) is 0 Å². The molecule has 0 aromatic heterocycles. The Morgan fingerprint density at radius 3 is 2.20 bits per heavy atom. The van der Waals surface area contributed by atoms with E-state index in [0.717, 1.165) is 0 Å². The molecule has 0 spiro atoms. The van der Waals surface area contributed by atoms with Gasteiger partial charge in [-0.05, 0) is 0 Å². The summed E-state index contributed by atoms with van der Waals surface area (Å²) in [6.07, 6.45) is 6.35. The maximum absolute atomic E-state index is 10.7. The van der Waals surface area contributed by atoms with Gasteiger partial charge < -0.3 is 0 Å². The van der Waals surface area contributed by atoms with Crippen LogP contribution in [0.25, 0.3) is 0 Å². The van der Waals surface area contributed by atoms with E-state index in [9.17, 15) is 8.42 Å². The third-order valence-corrected chi connectivity index (χ3v) is 13.4. The zero-order chi connectivity index (χ0) is 11.6. The second kappa shape index (κ2) is 4.92. The Hall–Kier alpha value is 0.0531. The van der Waals surface area contributed by atoms with Gasteiger partial charge in [0.05, 0.1) is 0 Å². The molecule has 84 valence electrons. The van der Waals surface area contributed by atoms with Crippen LogP contribution in [0.1, 0.15) is 20.3 Å². The molecule has 0 saturated heterocycles. The number of allylic oxidation sites excluding steroid dienone is 4. The van der Waals surface area contributed by atoms with E-state index in [1.807, 2.05) is 6.08 Å². The quantitative estimate of drug-likeness (QED) is 0.506. The summed E-state index contributed by atoms with van der Waals surface area (Å²) in [5.74, 6) is 0. The van der Waals surface area contributed by atoms with Crippen molar-refractivity contribution in [3.8, 4) is 0 Å². The molecule has 0 radical (unpaired) electrons. The Kier molecular flexibility index (Phi) is 4.31. The van der Waals surface area contributed by atoms with Gasteiger partial charge in [-0.3, -0.25) is 0 Å². The summed E-state index contributed by atoms with van der Waals surface area (Å²) in [5, 5.41) is 0. The van der Waals surface area contributed by atoms with Crippen LogP contribution >= 0.6 is 0 Å². The van der Waals surface area contributed by atoms with Crippen LogP contribution in [0.3, 0.4) is 0 Å². The topological polar surface area (TPSA) is 34.1 Å². The summed E-state index contributed by atoms with van der Waals surface area (Å²) in [7, 11) is -2.05. The molecule has 1 aliphatic rings. The van der Waals surface area contributed by atoms with Gasteiger partial charge in [0.25, 0.3) is 0 Å². The Bertz CT molecular complexity index is 431. The van der Waals surface area contributed by atoms with Crippen molar-refractivity contribution in [3.63, 3.8) is 0 Å². The van der Waals surface area contributed by atoms with Gasteiger partial charge in [0.2, 0.25) is 0 Å². The van der Waals surface area contributed by atoms with E-state index in [0.29, 0.717) is 14.4 Å². The standard InChI is InChI=1S/C9H11O2S.2CH3.Bi/c1-7(2)8-3-5-9(6-4-8)12(10)11;;;/h3-5H,6H2,1-2H3;2*1H3;. The summed E-state index contributed by atoms with van der Waals surface area (Å²) >= 11 is -1.39. The molecule has 0 bridgehead atoms. The summed E-state index contributed by atoms with van der Waals surface area (Å²) in [5.41, 5.74) is 1.32. The van der Waals surface area contributed by atoms with Crippen molar-refractivity contribution in [2.45, 2.75) is 32.7 Å². The first kappa shape index (κ1) is 13.1. The normalized spacial score (nSPS) is 16.9. The van der Waals surface area contributed by atoms with Gasteiger partial charge in [-0.25, -0.2) is 0 Å². The van der Waals surface area contributed by atoms with Crippen LogP contribution in [-0.4, -0.2) is 35.0 Å². The van der Waals surface area contributed by atoms with E-state index in [1.165, 1.54) is 5.57 Å². The van der Waals surface area contributed by atoms with Gasteiger partial charge in [-0.15, -0.1) is 0 Å². The molecule has 15 heavy (non-hydrogen) atoms. The van der Waals surface area contributed by atoms with Crippen LogP contribution in [-0.2, 0) is 10.3 Å². The van der Waals surface area contributed by atoms with E-state index in [4.69, 9.17) is 0 Å². The summed E-state index contributed by atoms with van der Waals surface area (Å²) in [4.78, 5) is 0.493. The van der Waals surface area contributed by atoms with Crippen molar-refractivity contribution in [2.75, 3.05) is 0 Å². The van der Waals surface area contributed by atoms with E-state index in [1.54, 1.807) is 6.08 Å². The predicted octanol–water partition coefficient (Wildman–Crippen LogP) is 2.46. The van der Waals surface area contributed by atoms with E-state index in [-0.39, 0.29) is 0 Å². The number of hydrogen-bond donors (Lipinski definition) is 0. The third-order valence-electron chi connectivity index (χ3n) is 3.01. The fourth-order valence-electron chi connectivity index (χ4n) is 1.36. The number of rotatable bonds is 2. The van der Waals surface area contributed by atoms with Crippen molar-refractivity contribution in [1.29, 1.82) is 0 Å². The fraction of sp³-hybridized carbons (Fsp3) is 0.545. The second-order valence-electron chi connectivity index (χ2n) is 4.35. The van der Waals surface area contributed by atoms with Crippen molar-refractivity contribution in [3.05, 3.63) is 23.8 Å². The van der Waals surface area contributed by atoms with Gasteiger partial charge in [0, 0.05) is 0 Å². The fourth-order valence-corrected chi connectivity index (χ4v) is 4.42. The molecule has 0 fully saturated rings.